The van der Waals surface area contributed by atoms with Gasteiger partial charge in [0, 0.05) is 0 Å². The second-order valence-electron chi connectivity index (χ2n) is 3.33. The first-order chi connectivity index (χ1) is 8.50. The lowest BCUT2D eigenvalue weighted by Gasteiger charge is -2.12. The maximum absolute atomic E-state index is 6.04. The molecule has 0 fully saturated rings. The van der Waals surface area contributed by atoms with Crippen LogP contribution in [0.25, 0.3) is 0 Å². The molecule has 1 nitrogen and oxygen atoms in total. The van der Waals surface area contributed by atoms with Crippen LogP contribution in [0.2, 0.25) is 25.1 Å². The predicted molar refractivity (Wildman–Crippen MR) is 78.0 cm³/mol. The molecule has 0 atom stereocenters. The van der Waals surface area contributed by atoms with Crippen LogP contribution < -0.4 is 4.74 Å². The summed E-state index contributed by atoms with van der Waals surface area (Å²) in [5, 5.41) is 1.29. The zero-order chi connectivity index (χ0) is 13.3. The highest BCUT2D eigenvalue weighted by atomic mass is 35.5. The molecule has 0 aliphatic carbocycles. The summed E-state index contributed by atoms with van der Waals surface area (Å²) in [6.07, 6.45) is 0. The molecule has 94 valence electrons. The molecule has 6 heteroatoms. The smallest absolute Gasteiger partial charge is 0.166 e. The van der Waals surface area contributed by atoms with Crippen LogP contribution >= 0.6 is 58.0 Å². The number of hydrogen-bond donors (Lipinski definition) is 0. The highest BCUT2D eigenvalue weighted by Gasteiger charge is 2.16. The Morgan fingerprint density at radius 3 is 2.06 bits per heavy atom. The highest BCUT2D eigenvalue weighted by molar-refractivity contribution is 6.50. The van der Waals surface area contributed by atoms with Crippen LogP contribution in [0.5, 0.6) is 11.5 Å². The quantitative estimate of drug-likeness (QED) is 0.433. The molecule has 0 heterocycles. The Labute approximate surface area is 129 Å². The fourth-order valence-corrected chi connectivity index (χ4v) is 2.44. The molecule has 0 aliphatic heterocycles. The second kappa shape index (κ2) is 5.77. The molecule has 0 saturated heterocycles. The van der Waals surface area contributed by atoms with Gasteiger partial charge in [0.25, 0.3) is 0 Å². The van der Waals surface area contributed by atoms with E-state index in [1.165, 1.54) is 6.07 Å². The van der Waals surface area contributed by atoms with E-state index in [-0.39, 0.29) is 25.8 Å². The molecule has 0 amide bonds. The molecule has 0 bridgehead atoms. The largest absolute Gasteiger partial charge is 0.453 e. The number of halogens is 5. The van der Waals surface area contributed by atoms with E-state index in [1.54, 1.807) is 24.3 Å². The Morgan fingerprint density at radius 2 is 1.39 bits per heavy atom. The molecule has 18 heavy (non-hydrogen) atoms. The van der Waals surface area contributed by atoms with Gasteiger partial charge >= 0.3 is 0 Å². The zero-order valence-corrected chi connectivity index (χ0v) is 12.5. The van der Waals surface area contributed by atoms with Crippen molar-refractivity contribution in [1.82, 2.24) is 0 Å². The number of hydrogen-bond acceptors (Lipinski definition) is 1. The summed E-state index contributed by atoms with van der Waals surface area (Å²) >= 11 is 29.8. The van der Waals surface area contributed by atoms with Crippen molar-refractivity contribution in [2.75, 3.05) is 0 Å². The topological polar surface area (TPSA) is 9.23 Å². The van der Waals surface area contributed by atoms with Crippen molar-refractivity contribution in [2.24, 2.45) is 0 Å². The van der Waals surface area contributed by atoms with E-state index in [0.717, 1.165) is 0 Å². The van der Waals surface area contributed by atoms with Gasteiger partial charge in [-0.1, -0.05) is 70.1 Å². The minimum atomic E-state index is 0.147. The maximum atomic E-state index is 6.04. The van der Waals surface area contributed by atoms with E-state index in [4.69, 9.17) is 62.7 Å². The highest BCUT2D eigenvalue weighted by Crippen LogP contribution is 2.45. The Balaban J connectivity index is 2.47. The van der Waals surface area contributed by atoms with E-state index in [1.807, 2.05) is 0 Å². The third-order valence-corrected chi connectivity index (χ3v) is 3.96. The summed E-state index contributed by atoms with van der Waals surface area (Å²) in [6, 6.07) is 8.41. The van der Waals surface area contributed by atoms with Gasteiger partial charge in [-0.15, -0.1) is 0 Å². The molecule has 0 saturated carbocycles. The van der Waals surface area contributed by atoms with Gasteiger partial charge in [0.2, 0.25) is 0 Å². The average Bonchev–Trinajstić information content (AvgIpc) is 2.34. The van der Waals surface area contributed by atoms with Gasteiger partial charge in [-0.2, -0.15) is 0 Å². The summed E-state index contributed by atoms with van der Waals surface area (Å²) in [4.78, 5) is 0. The van der Waals surface area contributed by atoms with Crippen LogP contribution in [0, 0.1) is 0 Å². The first-order valence-corrected chi connectivity index (χ1v) is 6.65. The maximum Gasteiger partial charge on any atom is 0.166 e. The molecule has 0 spiro atoms. The van der Waals surface area contributed by atoms with E-state index >= 15 is 0 Å². The number of ether oxygens (including phenoxy) is 1. The molecule has 2 aromatic carbocycles. The third kappa shape index (κ3) is 2.81. The summed E-state index contributed by atoms with van der Waals surface area (Å²) in [6.45, 7) is 0. The Hall–Kier alpha value is -0.310. The average molecular weight is 342 g/mol. The minimum absolute atomic E-state index is 0.147. The third-order valence-electron chi connectivity index (χ3n) is 2.12. The molecular formula is C12H5Cl5O. The van der Waals surface area contributed by atoms with Crippen LogP contribution in [0.3, 0.4) is 0 Å². The normalized spacial score (nSPS) is 10.5. The van der Waals surface area contributed by atoms with Gasteiger partial charge in [-0.25, -0.2) is 0 Å². The first-order valence-electron chi connectivity index (χ1n) is 4.76. The zero-order valence-electron chi connectivity index (χ0n) is 8.68. The monoisotopic (exact) mass is 340 g/mol. The van der Waals surface area contributed by atoms with Gasteiger partial charge in [-0.05, 0) is 18.2 Å². The SMILES string of the molecule is Clc1ccccc1Oc1c(Cl)cc(Cl)c(Cl)c1Cl. The van der Waals surface area contributed by atoms with E-state index in [9.17, 15) is 0 Å². The molecule has 0 aromatic heterocycles. The lowest BCUT2D eigenvalue weighted by molar-refractivity contribution is 0.483. The van der Waals surface area contributed by atoms with Gasteiger partial charge in [0.15, 0.2) is 5.75 Å². The second-order valence-corrected chi connectivity index (χ2v) is 5.31. The van der Waals surface area contributed by atoms with Crippen molar-refractivity contribution in [3.63, 3.8) is 0 Å². The molecular weight excluding hydrogens is 337 g/mol. The van der Waals surface area contributed by atoms with Gasteiger partial charge in [0.1, 0.15) is 10.8 Å². The van der Waals surface area contributed by atoms with Crippen LogP contribution in [0.15, 0.2) is 30.3 Å². The summed E-state index contributed by atoms with van der Waals surface area (Å²) in [5.41, 5.74) is 0. The summed E-state index contributed by atoms with van der Waals surface area (Å²) in [5.74, 6) is 0.655. The summed E-state index contributed by atoms with van der Waals surface area (Å²) in [7, 11) is 0. The van der Waals surface area contributed by atoms with Crippen molar-refractivity contribution in [2.45, 2.75) is 0 Å². The van der Waals surface area contributed by atoms with Crippen LogP contribution in [-0.4, -0.2) is 0 Å². The van der Waals surface area contributed by atoms with E-state index < -0.39 is 0 Å². The van der Waals surface area contributed by atoms with Crippen molar-refractivity contribution < 1.29 is 4.74 Å². The van der Waals surface area contributed by atoms with Crippen LogP contribution in [0.1, 0.15) is 0 Å². The Kier molecular flexibility index (Phi) is 4.52. The van der Waals surface area contributed by atoms with Crippen LogP contribution in [-0.2, 0) is 0 Å². The van der Waals surface area contributed by atoms with Crippen molar-refractivity contribution >= 4 is 58.0 Å². The summed E-state index contributed by atoms with van der Waals surface area (Å²) < 4.78 is 5.57. The predicted octanol–water partition coefficient (Wildman–Crippen LogP) is 6.75. The van der Waals surface area contributed by atoms with Crippen molar-refractivity contribution in [1.29, 1.82) is 0 Å². The standard InChI is InChI=1S/C12H5Cl5O/c13-6-3-1-2-4-9(6)18-12-8(15)5-7(14)10(16)11(12)17/h1-5H. The molecule has 2 rings (SSSR count). The van der Waals surface area contributed by atoms with Crippen LogP contribution in [0.4, 0.5) is 0 Å². The molecule has 0 radical (unpaired) electrons. The van der Waals surface area contributed by atoms with Gasteiger partial charge < -0.3 is 4.74 Å². The number of para-hydroxylation sites is 1. The van der Waals surface area contributed by atoms with Crippen molar-refractivity contribution in [3.8, 4) is 11.5 Å². The lowest BCUT2D eigenvalue weighted by Crippen LogP contribution is -1.89. The van der Waals surface area contributed by atoms with Crippen molar-refractivity contribution in [3.05, 3.63) is 55.4 Å². The Morgan fingerprint density at radius 1 is 0.722 bits per heavy atom. The fourth-order valence-electron chi connectivity index (χ4n) is 1.28. The van der Waals surface area contributed by atoms with Gasteiger partial charge in [-0.3, -0.25) is 0 Å². The molecule has 0 aliphatic rings. The van der Waals surface area contributed by atoms with E-state index in [2.05, 4.69) is 0 Å². The lowest BCUT2D eigenvalue weighted by atomic mass is 10.3. The first kappa shape index (κ1) is 14.1. The molecule has 0 N–H and O–H groups in total. The number of rotatable bonds is 2. The minimum Gasteiger partial charge on any atom is -0.453 e. The van der Waals surface area contributed by atoms with E-state index in [0.29, 0.717) is 10.8 Å². The van der Waals surface area contributed by atoms with Gasteiger partial charge in [0.05, 0.1) is 20.1 Å². The Bertz CT molecular complexity index is 597. The number of benzene rings is 2. The molecule has 2 aromatic rings. The fraction of sp³-hybridized carbons (Fsp3) is 0. The molecule has 0 unspecified atom stereocenters.